The van der Waals surface area contributed by atoms with E-state index in [1.807, 2.05) is 0 Å². The molecule has 0 aromatic carbocycles. The molecule has 0 aromatic rings. The molecule has 1 heterocycles. The molecule has 1 rings (SSSR count). The summed E-state index contributed by atoms with van der Waals surface area (Å²) in [6, 6.07) is 3.54. The SMILES string of the molecule is CC[Si](Cl)(CC)CCCOCC1CO1. The fourth-order valence-corrected chi connectivity index (χ4v) is 3.86. The summed E-state index contributed by atoms with van der Waals surface area (Å²) in [7, 11) is -1.40. The number of hydrogen-bond acceptors (Lipinski definition) is 2. The Morgan fingerprint density at radius 3 is 2.57 bits per heavy atom. The van der Waals surface area contributed by atoms with E-state index < -0.39 is 7.38 Å². The molecule has 0 amide bonds. The second-order valence-corrected chi connectivity index (χ2v) is 10.6. The molecule has 0 N–H and O–H groups in total. The first-order valence-corrected chi connectivity index (χ1v) is 9.22. The fourth-order valence-electron chi connectivity index (χ4n) is 1.47. The molecule has 1 saturated heterocycles. The Labute approximate surface area is 92.6 Å². The first-order chi connectivity index (χ1) is 6.70. The first-order valence-electron chi connectivity index (χ1n) is 5.58. The Hall–Kier alpha value is 0.427. The number of epoxide rings is 1. The second-order valence-electron chi connectivity index (χ2n) is 3.99. The molecule has 0 aromatic heterocycles. The Balaban J connectivity index is 1.95. The zero-order chi connectivity index (χ0) is 10.4. The van der Waals surface area contributed by atoms with Gasteiger partial charge in [0, 0.05) is 6.61 Å². The summed E-state index contributed by atoms with van der Waals surface area (Å²) in [5, 5.41) is 0. The van der Waals surface area contributed by atoms with Crippen molar-refractivity contribution in [1.82, 2.24) is 0 Å². The molecule has 14 heavy (non-hydrogen) atoms. The highest BCUT2D eigenvalue weighted by Crippen LogP contribution is 2.26. The van der Waals surface area contributed by atoms with Crippen molar-refractivity contribution in [1.29, 1.82) is 0 Å². The van der Waals surface area contributed by atoms with Crippen LogP contribution in [0.15, 0.2) is 0 Å². The van der Waals surface area contributed by atoms with Gasteiger partial charge in [-0.1, -0.05) is 13.8 Å². The van der Waals surface area contributed by atoms with Crippen molar-refractivity contribution in [2.45, 2.75) is 44.5 Å². The van der Waals surface area contributed by atoms with Crippen LogP contribution in [0.25, 0.3) is 0 Å². The van der Waals surface area contributed by atoms with Crippen LogP contribution in [0, 0.1) is 0 Å². The topological polar surface area (TPSA) is 21.8 Å². The van der Waals surface area contributed by atoms with Crippen molar-refractivity contribution >= 4 is 18.5 Å². The van der Waals surface area contributed by atoms with E-state index in [-0.39, 0.29) is 0 Å². The average Bonchev–Trinajstić information content (AvgIpc) is 3.01. The summed E-state index contributed by atoms with van der Waals surface area (Å²) in [6.07, 6.45) is 1.51. The first kappa shape index (κ1) is 12.5. The fraction of sp³-hybridized carbons (Fsp3) is 1.00. The molecule has 1 fully saturated rings. The van der Waals surface area contributed by atoms with Crippen molar-refractivity contribution in [3.63, 3.8) is 0 Å². The number of ether oxygens (including phenoxy) is 2. The van der Waals surface area contributed by atoms with E-state index in [0.717, 1.165) is 26.2 Å². The molecule has 0 spiro atoms. The maximum atomic E-state index is 6.52. The van der Waals surface area contributed by atoms with E-state index in [1.54, 1.807) is 0 Å². The van der Waals surface area contributed by atoms with Crippen molar-refractivity contribution in [3.05, 3.63) is 0 Å². The lowest BCUT2D eigenvalue weighted by Gasteiger charge is -2.20. The Kier molecular flexibility index (Phi) is 5.45. The van der Waals surface area contributed by atoms with E-state index in [0.29, 0.717) is 6.10 Å². The molecular formula is C10H21ClO2Si. The third kappa shape index (κ3) is 4.78. The quantitative estimate of drug-likeness (QED) is 0.280. The van der Waals surface area contributed by atoms with Crippen molar-refractivity contribution < 1.29 is 9.47 Å². The molecule has 1 aliphatic heterocycles. The van der Waals surface area contributed by atoms with E-state index in [9.17, 15) is 0 Å². The standard InChI is InChI=1S/C10H21ClO2Si/c1-3-14(11,4-2)7-5-6-12-8-10-9-13-10/h10H,3-9H2,1-2H3. The highest BCUT2D eigenvalue weighted by Gasteiger charge is 2.26. The van der Waals surface area contributed by atoms with Gasteiger partial charge in [-0.3, -0.25) is 0 Å². The maximum absolute atomic E-state index is 6.52. The van der Waals surface area contributed by atoms with Gasteiger partial charge in [0.1, 0.15) is 6.10 Å². The zero-order valence-corrected chi connectivity index (χ0v) is 11.0. The minimum atomic E-state index is -1.40. The summed E-state index contributed by atoms with van der Waals surface area (Å²) in [6.45, 7) is 6.93. The van der Waals surface area contributed by atoms with Crippen molar-refractivity contribution in [2.75, 3.05) is 19.8 Å². The summed E-state index contributed by atoms with van der Waals surface area (Å²) in [4.78, 5) is 0. The van der Waals surface area contributed by atoms with Gasteiger partial charge < -0.3 is 9.47 Å². The van der Waals surface area contributed by atoms with Crippen LogP contribution in [0.5, 0.6) is 0 Å². The van der Waals surface area contributed by atoms with E-state index in [4.69, 9.17) is 20.6 Å². The smallest absolute Gasteiger partial charge is 0.156 e. The van der Waals surface area contributed by atoms with Crippen LogP contribution < -0.4 is 0 Å². The van der Waals surface area contributed by atoms with Crippen LogP contribution in [0.1, 0.15) is 20.3 Å². The number of halogens is 1. The summed E-state index contributed by atoms with van der Waals surface area (Å²) in [5.41, 5.74) is 0. The van der Waals surface area contributed by atoms with E-state index in [1.165, 1.54) is 18.1 Å². The van der Waals surface area contributed by atoms with Crippen LogP contribution >= 0.6 is 11.1 Å². The van der Waals surface area contributed by atoms with E-state index >= 15 is 0 Å². The summed E-state index contributed by atoms with van der Waals surface area (Å²) < 4.78 is 10.5. The predicted molar refractivity (Wildman–Crippen MR) is 62.6 cm³/mol. The number of rotatable bonds is 8. The minimum Gasteiger partial charge on any atom is -0.379 e. The van der Waals surface area contributed by atoms with Crippen LogP contribution in [-0.4, -0.2) is 33.3 Å². The normalized spacial score (nSPS) is 21.2. The van der Waals surface area contributed by atoms with Gasteiger partial charge >= 0.3 is 0 Å². The molecule has 2 nitrogen and oxygen atoms in total. The monoisotopic (exact) mass is 236 g/mol. The predicted octanol–water partition coefficient (Wildman–Crippen LogP) is 3.02. The Bertz CT molecular complexity index is 158. The van der Waals surface area contributed by atoms with Gasteiger partial charge in [-0.25, -0.2) is 0 Å². The molecule has 0 radical (unpaired) electrons. The largest absolute Gasteiger partial charge is 0.379 e. The second kappa shape index (κ2) is 6.11. The van der Waals surface area contributed by atoms with Crippen LogP contribution in [0.4, 0.5) is 0 Å². The van der Waals surface area contributed by atoms with Gasteiger partial charge in [-0.2, -0.15) is 11.1 Å². The molecule has 4 heteroatoms. The van der Waals surface area contributed by atoms with Crippen molar-refractivity contribution in [2.24, 2.45) is 0 Å². The van der Waals surface area contributed by atoms with Crippen LogP contribution in [-0.2, 0) is 9.47 Å². The molecule has 0 aliphatic carbocycles. The minimum absolute atomic E-state index is 0.394. The highest BCUT2D eigenvalue weighted by molar-refractivity contribution is 7.20. The number of hydrogen-bond donors (Lipinski definition) is 0. The third-order valence-electron chi connectivity index (χ3n) is 2.89. The summed E-state index contributed by atoms with van der Waals surface area (Å²) >= 11 is 6.52. The third-order valence-corrected chi connectivity index (χ3v) is 8.84. The molecule has 84 valence electrons. The summed E-state index contributed by atoms with van der Waals surface area (Å²) in [5.74, 6) is 0. The van der Waals surface area contributed by atoms with Crippen molar-refractivity contribution in [3.8, 4) is 0 Å². The molecule has 1 unspecified atom stereocenters. The Morgan fingerprint density at radius 2 is 2.07 bits per heavy atom. The lowest BCUT2D eigenvalue weighted by molar-refractivity contribution is 0.117. The van der Waals surface area contributed by atoms with Gasteiger partial charge in [0.2, 0.25) is 0 Å². The van der Waals surface area contributed by atoms with Gasteiger partial charge in [0.15, 0.2) is 7.38 Å². The Morgan fingerprint density at radius 1 is 1.43 bits per heavy atom. The van der Waals surface area contributed by atoms with E-state index in [2.05, 4.69) is 13.8 Å². The van der Waals surface area contributed by atoms with Gasteiger partial charge in [-0.05, 0) is 24.6 Å². The molecule has 1 atom stereocenters. The average molecular weight is 237 g/mol. The van der Waals surface area contributed by atoms with Gasteiger partial charge in [0.05, 0.1) is 13.2 Å². The van der Waals surface area contributed by atoms with Gasteiger partial charge in [-0.15, -0.1) is 0 Å². The van der Waals surface area contributed by atoms with Crippen LogP contribution in [0.3, 0.4) is 0 Å². The molecular weight excluding hydrogens is 216 g/mol. The highest BCUT2D eigenvalue weighted by atomic mass is 35.6. The molecule has 0 saturated carbocycles. The molecule has 0 bridgehead atoms. The molecule has 1 aliphatic rings. The lowest BCUT2D eigenvalue weighted by Crippen LogP contribution is -2.24. The zero-order valence-electron chi connectivity index (χ0n) is 9.22. The van der Waals surface area contributed by atoms with Gasteiger partial charge in [0.25, 0.3) is 0 Å². The lowest BCUT2D eigenvalue weighted by atomic mass is 10.5. The van der Waals surface area contributed by atoms with Crippen LogP contribution in [0.2, 0.25) is 18.1 Å². The maximum Gasteiger partial charge on any atom is 0.156 e.